The SMILES string of the molecule is N#Cc1ccccc1OCC(=O)NCc1cccc(C(N)=O)c1. The van der Waals surface area contributed by atoms with E-state index in [2.05, 4.69) is 5.32 Å². The molecule has 0 saturated heterocycles. The summed E-state index contributed by atoms with van der Waals surface area (Å²) in [7, 11) is 0. The van der Waals surface area contributed by atoms with Gasteiger partial charge in [-0.15, -0.1) is 0 Å². The summed E-state index contributed by atoms with van der Waals surface area (Å²) in [6.07, 6.45) is 0. The number of primary amides is 1. The van der Waals surface area contributed by atoms with E-state index >= 15 is 0 Å². The molecule has 0 aliphatic heterocycles. The van der Waals surface area contributed by atoms with Crippen LogP contribution in [0.25, 0.3) is 0 Å². The zero-order valence-electron chi connectivity index (χ0n) is 12.3. The third-order valence-corrected chi connectivity index (χ3v) is 3.07. The number of hydrogen-bond donors (Lipinski definition) is 2. The van der Waals surface area contributed by atoms with Crippen LogP contribution in [0.2, 0.25) is 0 Å². The van der Waals surface area contributed by atoms with E-state index < -0.39 is 5.91 Å². The van der Waals surface area contributed by atoms with Gasteiger partial charge in [0.2, 0.25) is 5.91 Å². The molecular formula is C17H15N3O3. The number of rotatable bonds is 6. The minimum atomic E-state index is -0.519. The first-order valence-electron chi connectivity index (χ1n) is 6.87. The summed E-state index contributed by atoms with van der Waals surface area (Å²) < 4.78 is 5.33. The lowest BCUT2D eigenvalue weighted by Gasteiger charge is -2.09. The molecule has 3 N–H and O–H groups in total. The van der Waals surface area contributed by atoms with Crippen molar-refractivity contribution in [3.63, 3.8) is 0 Å². The summed E-state index contributed by atoms with van der Waals surface area (Å²) in [5.41, 5.74) is 6.72. The maximum atomic E-state index is 11.8. The smallest absolute Gasteiger partial charge is 0.258 e. The van der Waals surface area contributed by atoms with E-state index in [0.29, 0.717) is 16.9 Å². The maximum Gasteiger partial charge on any atom is 0.258 e. The largest absolute Gasteiger partial charge is 0.482 e. The number of hydrogen-bond acceptors (Lipinski definition) is 4. The number of benzene rings is 2. The van der Waals surface area contributed by atoms with E-state index in [1.165, 1.54) is 0 Å². The van der Waals surface area contributed by atoms with Crippen molar-refractivity contribution in [3.8, 4) is 11.8 Å². The van der Waals surface area contributed by atoms with Gasteiger partial charge in [0.1, 0.15) is 11.8 Å². The Hall–Kier alpha value is -3.33. The molecule has 2 amide bonds. The molecule has 2 aromatic rings. The molecule has 2 rings (SSSR count). The minimum Gasteiger partial charge on any atom is -0.482 e. The molecule has 0 aliphatic rings. The maximum absolute atomic E-state index is 11.8. The highest BCUT2D eigenvalue weighted by molar-refractivity contribution is 5.92. The van der Waals surface area contributed by atoms with E-state index in [4.69, 9.17) is 15.7 Å². The molecule has 0 atom stereocenters. The van der Waals surface area contributed by atoms with Gasteiger partial charge in [0, 0.05) is 12.1 Å². The summed E-state index contributed by atoms with van der Waals surface area (Å²) in [6.45, 7) is 0.0530. The van der Waals surface area contributed by atoms with Gasteiger partial charge in [-0.25, -0.2) is 0 Å². The fourth-order valence-corrected chi connectivity index (χ4v) is 1.91. The average molecular weight is 309 g/mol. The Morgan fingerprint density at radius 2 is 1.96 bits per heavy atom. The van der Waals surface area contributed by atoms with Crippen molar-refractivity contribution in [2.45, 2.75) is 6.54 Å². The highest BCUT2D eigenvalue weighted by Gasteiger charge is 2.07. The standard InChI is InChI=1S/C17H15N3O3/c18-9-14-5-1-2-7-15(14)23-11-16(21)20-10-12-4-3-6-13(8-12)17(19)22/h1-8H,10-11H2,(H2,19,22)(H,20,21). The van der Waals surface area contributed by atoms with Crippen LogP contribution in [0.3, 0.4) is 0 Å². The molecule has 6 heteroatoms. The summed E-state index contributed by atoms with van der Waals surface area (Å²) >= 11 is 0. The van der Waals surface area contributed by atoms with Crippen LogP contribution in [0, 0.1) is 11.3 Å². The van der Waals surface area contributed by atoms with Gasteiger partial charge >= 0.3 is 0 Å². The van der Waals surface area contributed by atoms with Crippen LogP contribution in [-0.4, -0.2) is 18.4 Å². The number of nitriles is 1. The number of nitrogens with zero attached hydrogens (tertiary/aromatic N) is 1. The van der Waals surface area contributed by atoms with Gasteiger partial charge in [0.25, 0.3) is 5.91 Å². The Balaban J connectivity index is 1.87. The number of carbonyl (C=O) groups excluding carboxylic acids is 2. The third kappa shape index (κ3) is 4.58. The molecule has 0 heterocycles. The van der Waals surface area contributed by atoms with E-state index in [1.54, 1.807) is 48.5 Å². The first kappa shape index (κ1) is 16.0. The average Bonchev–Trinajstić information content (AvgIpc) is 2.58. The summed E-state index contributed by atoms with van der Waals surface area (Å²) in [6, 6.07) is 15.4. The van der Waals surface area contributed by atoms with Gasteiger partial charge in [-0.2, -0.15) is 5.26 Å². The Morgan fingerprint density at radius 3 is 2.70 bits per heavy atom. The van der Waals surface area contributed by atoms with Crippen LogP contribution in [0.5, 0.6) is 5.75 Å². The molecule has 2 aromatic carbocycles. The molecular weight excluding hydrogens is 294 g/mol. The highest BCUT2D eigenvalue weighted by Crippen LogP contribution is 2.16. The number of carbonyl (C=O) groups is 2. The molecule has 0 fully saturated rings. The first-order valence-corrected chi connectivity index (χ1v) is 6.87. The van der Waals surface area contributed by atoms with Gasteiger partial charge in [0.15, 0.2) is 6.61 Å². The molecule has 6 nitrogen and oxygen atoms in total. The van der Waals surface area contributed by atoms with E-state index in [1.807, 2.05) is 6.07 Å². The van der Waals surface area contributed by atoms with Crippen LogP contribution >= 0.6 is 0 Å². The second kappa shape index (κ2) is 7.61. The second-order valence-electron chi connectivity index (χ2n) is 4.74. The van der Waals surface area contributed by atoms with E-state index in [9.17, 15) is 9.59 Å². The first-order chi connectivity index (χ1) is 11.1. The predicted octanol–water partition coefficient (Wildman–Crippen LogP) is 1.35. The van der Waals surface area contributed by atoms with Crippen molar-refractivity contribution in [2.24, 2.45) is 5.73 Å². The predicted molar refractivity (Wildman–Crippen MR) is 83.5 cm³/mol. The summed E-state index contributed by atoms with van der Waals surface area (Å²) in [4.78, 5) is 22.9. The topological polar surface area (TPSA) is 105 Å². The van der Waals surface area contributed by atoms with Crippen molar-refractivity contribution in [1.29, 1.82) is 5.26 Å². The summed E-state index contributed by atoms with van der Waals surface area (Å²) in [5.74, 6) is -0.488. The molecule has 0 aromatic heterocycles. The van der Waals surface area contributed by atoms with Gasteiger partial charge in [-0.3, -0.25) is 9.59 Å². The molecule has 0 radical (unpaired) electrons. The molecule has 0 saturated carbocycles. The number of ether oxygens (including phenoxy) is 1. The van der Waals surface area contributed by atoms with E-state index in [-0.39, 0.29) is 19.1 Å². The van der Waals surface area contributed by atoms with Crippen LogP contribution in [0.1, 0.15) is 21.5 Å². The Morgan fingerprint density at radius 1 is 1.17 bits per heavy atom. The van der Waals surface area contributed by atoms with E-state index in [0.717, 1.165) is 5.56 Å². The summed E-state index contributed by atoms with van der Waals surface area (Å²) in [5, 5.41) is 11.6. The Kier molecular flexibility index (Phi) is 5.31. The van der Waals surface area contributed by atoms with Crippen LogP contribution in [0.4, 0.5) is 0 Å². The lowest BCUT2D eigenvalue weighted by atomic mass is 10.1. The molecule has 116 valence electrons. The number of nitrogens with one attached hydrogen (secondary N) is 1. The molecule has 0 spiro atoms. The van der Waals surface area contributed by atoms with Crippen LogP contribution in [0.15, 0.2) is 48.5 Å². The number of para-hydroxylation sites is 1. The van der Waals surface area contributed by atoms with Crippen molar-refractivity contribution in [1.82, 2.24) is 5.32 Å². The van der Waals surface area contributed by atoms with Crippen molar-refractivity contribution < 1.29 is 14.3 Å². The van der Waals surface area contributed by atoms with Gasteiger partial charge in [0.05, 0.1) is 5.56 Å². The number of nitrogens with two attached hydrogens (primary N) is 1. The Bertz CT molecular complexity index is 766. The fourth-order valence-electron chi connectivity index (χ4n) is 1.91. The van der Waals surface area contributed by atoms with Gasteiger partial charge in [-0.05, 0) is 29.8 Å². The van der Waals surface area contributed by atoms with Crippen LogP contribution < -0.4 is 15.8 Å². The lowest BCUT2D eigenvalue weighted by Crippen LogP contribution is -2.28. The Labute approximate surface area is 133 Å². The monoisotopic (exact) mass is 309 g/mol. The van der Waals surface area contributed by atoms with Gasteiger partial charge < -0.3 is 15.8 Å². The second-order valence-corrected chi connectivity index (χ2v) is 4.74. The van der Waals surface area contributed by atoms with Gasteiger partial charge in [-0.1, -0.05) is 24.3 Å². The van der Waals surface area contributed by atoms with Crippen molar-refractivity contribution in [3.05, 3.63) is 65.2 Å². The number of amides is 2. The normalized spacial score (nSPS) is 9.70. The zero-order chi connectivity index (χ0) is 16.7. The zero-order valence-corrected chi connectivity index (χ0v) is 12.3. The minimum absolute atomic E-state index is 0.200. The fraction of sp³-hybridized carbons (Fsp3) is 0.118. The lowest BCUT2D eigenvalue weighted by molar-refractivity contribution is -0.123. The third-order valence-electron chi connectivity index (χ3n) is 3.07. The van der Waals surface area contributed by atoms with Crippen molar-refractivity contribution >= 4 is 11.8 Å². The van der Waals surface area contributed by atoms with Crippen molar-refractivity contribution in [2.75, 3.05) is 6.61 Å². The molecule has 0 bridgehead atoms. The quantitative estimate of drug-likeness (QED) is 0.840. The molecule has 23 heavy (non-hydrogen) atoms. The molecule has 0 aliphatic carbocycles. The molecule has 0 unspecified atom stereocenters. The van der Waals surface area contributed by atoms with Crippen LogP contribution in [-0.2, 0) is 11.3 Å². The highest BCUT2D eigenvalue weighted by atomic mass is 16.5.